The third kappa shape index (κ3) is 5.74. The van der Waals surface area contributed by atoms with Gasteiger partial charge in [-0.05, 0) is 55.5 Å². The molecule has 1 aromatic heterocycles. The number of amides is 1. The second kappa shape index (κ2) is 10.9. The standard InChI is InChI=1S/C25H29N5O3/c1-5-16-30(17-31)23-14-15-24(32-4)28-25(23)29(3)19-10-12-20(13-11-19)33-18(2)27-22-9-7-6-8-21(22)26/h6-15,17,27H,2,5,16,26H2,1,3-4H3. The maximum atomic E-state index is 11.7. The van der Waals surface area contributed by atoms with Gasteiger partial charge < -0.3 is 30.3 Å². The van der Waals surface area contributed by atoms with Crippen LogP contribution in [0.3, 0.4) is 0 Å². The van der Waals surface area contributed by atoms with Crippen LogP contribution in [-0.2, 0) is 4.79 Å². The Balaban J connectivity index is 1.78. The summed E-state index contributed by atoms with van der Waals surface area (Å²) in [5.41, 5.74) is 8.84. The zero-order valence-electron chi connectivity index (χ0n) is 19.1. The van der Waals surface area contributed by atoms with Crippen molar-refractivity contribution in [3.8, 4) is 11.6 Å². The molecule has 2 aromatic carbocycles. The quantitative estimate of drug-likeness (QED) is 0.248. The van der Waals surface area contributed by atoms with Gasteiger partial charge in [-0.25, -0.2) is 0 Å². The number of methoxy groups -OCH3 is 1. The van der Waals surface area contributed by atoms with Crippen LogP contribution in [0.15, 0.2) is 73.1 Å². The van der Waals surface area contributed by atoms with Crippen LogP contribution in [-0.4, -0.2) is 32.1 Å². The lowest BCUT2D eigenvalue weighted by molar-refractivity contribution is -0.107. The predicted molar refractivity (Wildman–Crippen MR) is 133 cm³/mol. The van der Waals surface area contributed by atoms with Gasteiger partial charge in [0.2, 0.25) is 12.3 Å². The van der Waals surface area contributed by atoms with Crippen molar-refractivity contribution >= 4 is 35.0 Å². The van der Waals surface area contributed by atoms with E-state index in [0.29, 0.717) is 41.2 Å². The molecule has 0 atom stereocenters. The number of rotatable bonds is 11. The highest BCUT2D eigenvalue weighted by Gasteiger charge is 2.17. The summed E-state index contributed by atoms with van der Waals surface area (Å²) < 4.78 is 11.1. The van der Waals surface area contributed by atoms with Crippen molar-refractivity contribution in [3.05, 3.63) is 73.1 Å². The Bertz CT molecular complexity index is 1100. The molecule has 0 bridgehead atoms. The summed E-state index contributed by atoms with van der Waals surface area (Å²) in [6.07, 6.45) is 1.64. The van der Waals surface area contributed by atoms with Crippen LogP contribution in [0.4, 0.5) is 28.6 Å². The van der Waals surface area contributed by atoms with E-state index < -0.39 is 0 Å². The van der Waals surface area contributed by atoms with Gasteiger partial charge >= 0.3 is 0 Å². The van der Waals surface area contributed by atoms with Crippen LogP contribution in [0.25, 0.3) is 0 Å². The van der Waals surface area contributed by atoms with Crippen molar-refractivity contribution in [3.63, 3.8) is 0 Å². The molecule has 8 heteroatoms. The van der Waals surface area contributed by atoms with Crippen molar-refractivity contribution in [2.45, 2.75) is 13.3 Å². The van der Waals surface area contributed by atoms with E-state index in [-0.39, 0.29) is 0 Å². The third-order valence-corrected chi connectivity index (χ3v) is 4.96. The highest BCUT2D eigenvalue weighted by atomic mass is 16.5. The fourth-order valence-electron chi connectivity index (χ4n) is 3.27. The van der Waals surface area contributed by atoms with Crippen LogP contribution < -0.4 is 30.3 Å². The normalized spacial score (nSPS) is 10.3. The molecule has 8 nitrogen and oxygen atoms in total. The molecule has 0 unspecified atom stereocenters. The fraction of sp³-hybridized carbons (Fsp3) is 0.200. The number of aromatic nitrogens is 1. The summed E-state index contributed by atoms with van der Waals surface area (Å²) in [5.74, 6) is 2.03. The molecule has 0 radical (unpaired) electrons. The number of ether oxygens (including phenoxy) is 2. The van der Waals surface area contributed by atoms with E-state index in [4.69, 9.17) is 15.2 Å². The summed E-state index contributed by atoms with van der Waals surface area (Å²) in [6, 6.07) is 18.4. The molecule has 3 aromatic rings. The minimum Gasteiger partial charge on any atom is -0.481 e. The van der Waals surface area contributed by atoms with Crippen molar-refractivity contribution in [1.82, 2.24) is 4.98 Å². The first-order valence-electron chi connectivity index (χ1n) is 10.6. The molecule has 3 rings (SSSR count). The molecule has 0 saturated carbocycles. The number of anilines is 5. The molecule has 0 aliphatic heterocycles. The maximum Gasteiger partial charge on any atom is 0.215 e. The Morgan fingerprint density at radius 1 is 1.15 bits per heavy atom. The lowest BCUT2D eigenvalue weighted by Crippen LogP contribution is -2.25. The first-order chi connectivity index (χ1) is 16.0. The second-order valence-corrected chi connectivity index (χ2v) is 7.29. The summed E-state index contributed by atoms with van der Waals surface area (Å²) in [5, 5.41) is 3.06. The summed E-state index contributed by atoms with van der Waals surface area (Å²) >= 11 is 0. The number of benzene rings is 2. The third-order valence-electron chi connectivity index (χ3n) is 4.96. The molecular formula is C25H29N5O3. The molecule has 172 valence electrons. The van der Waals surface area contributed by atoms with Crippen molar-refractivity contribution < 1.29 is 14.3 Å². The number of nitrogens with zero attached hydrogens (tertiary/aromatic N) is 3. The number of nitrogen functional groups attached to an aromatic ring is 1. The molecule has 3 N–H and O–H groups in total. The minimum atomic E-state index is 0.354. The number of hydrogen-bond donors (Lipinski definition) is 2. The average molecular weight is 448 g/mol. The average Bonchev–Trinajstić information content (AvgIpc) is 2.83. The van der Waals surface area contributed by atoms with Gasteiger partial charge in [0.05, 0.1) is 24.2 Å². The summed E-state index contributed by atoms with van der Waals surface area (Å²) in [4.78, 5) is 19.8. The molecule has 0 aliphatic rings. The second-order valence-electron chi connectivity index (χ2n) is 7.29. The van der Waals surface area contributed by atoms with Crippen molar-refractivity contribution in [1.29, 1.82) is 0 Å². The monoisotopic (exact) mass is 447 g/mol. The van der Waals surface area contributed by atoms with Gasteiger partial charge in [0.15, 0.2) is 11.7 Å². The number of nitrogens with one attached hydrogen (secondary N) is 1. The fourth-order valence-corrected chi connectivity index (χ4v) is 3.27. The Morgan fingerprint density at radius 3 is 2.52 bits per heavy atom. The number of carbonyl (C=O) groups is 1. The van der Waals surface area contributed by atoms with Gasteiger partial charge in [0, 0.05) is 25.3 Å². The van der Waals surface area contributed by atoms with Crippen LogP contribution in [0.5, 0.6) is 11.6 Å². The van der Waals surface area contributed by atoms with E-state index in [2.05, 4.69) is 16.9 Å². The zero-order chi connectivity index (χ0) is 23.8. The predicted octanol–water partition coefficient (Wildman–Crippen LogP) is 4.78. The number of hydrogen-bond acceptors (Lipinski definition) is 7. The topological polar surface area (TPSA) is 92.9 Å². The largest absolute Gasteiger partial charge is 0.481 e. The first-order valence-corrected chi connectivity index (χ1v) is 10.6. The summed E-state index contributed by atoms with van der Waals surface area (Å²) in [6.45, 7) is 6.51. The molecular weight excluding hydrogens is 418 g/mol. The molecule has 1 heterocycles. The van der Waals surface area contributed by atoms with E-state index in [1.165, 1.54) is 0 Å². The van der Waals surface area contributed by atoms with Crippen LogP contribution >= 0.6 is 0 Å². The van der Waals surface area contributed by atoms with Crippen LogP contribution in [0.1, 0.15) is 13.3 Å². The Morgan fingerprint density at radius 2 is 1.88 bits per heavy atom. The molecule has 0 saturated heterocycles. The number of pyridine rings is 1. The van der Waals surface area contributed by atoms with E-state index in [1.54, 1.807) is 24.1 Å². The van der Waals surface area contributed by atoms with Gasteiger partial charge in [0.1, 0.15) is 5.75 Å². The summed E-state index contributed by atoms with van der Waals surface area (Å²) in [7, 11) is 3.44. The van der Waals surface area contributed by atoms with Gasteiger partial charge in [-0.3, -0.25) is 4.79 Å². The van der Waals surface area contributed by atoms with Gasteiger partial charge in [-0.15, -0.1) is 0 Å². The minimum absolute atomic E-state index is 0.354. The van der Waals surface area contributed by atoms with Gasteiger partial charge in [-0.2, -0.15) is 4.98 Å². The van der Waals surface area contributed by atoms with Gasteiger partial charge in [-0.1, -0.05) is 19.1 Å². The number of carbonyl (C=O) groups excluding carboxylic acids is 1. The van der Waals surface area contributed by atoms with E-state index >= 15 is 0 Å². The molecule has 0 aliphatic carbocycles. The van der Waals surface area contributed by atoms with Crippen molar-refractivity contribution in [2.24, 2.45) is 0 Å². The Hall–Kier alpha value is -4.20. The van der Waals surface area contributed by atoms with Crippen LogP contribution in [0.2, 0.25) is 0 Å². The maximum absolute atomic E-state index is 11.7. The molecule has 0 spiro atoms. The lowest BCUT2D eigenvalue weighted by Gasteiger charge is -2.26. The highest BCUT2D eigenvalue weighted by molar-refractivity contribution is 5.84. The molecule has 0 fully saturated rings. The van der Waals surface area contributed by atoms with E-state index in [9.17, 15) is 4.79 Å². The van der Waals surface area contributed by atoms with E-state index in [0.717, 1.165) is 24.2 Å². The number of nitrogens with two attached hydrogens (primary N) is 1. The van der Waals surface area contributed by atoms with Gasteiger partial charge in [0.25, 0.3) is 0 Å². The SMILES string of the molecule is C=C(Nc1ccccc1N)Oc1ccc(N(C)c2nc(OC)ccc2N(C=O)CCC)cc1. The Labute approximate surface area is 194 Å². The number of para-hydroxylation sites is 2. The van der Waals surface area contributed by atoms with Crippen LogP contribution in [0, 0.1) is 0 Å². The first kappa shape index (κ1) is 23.5. The van der Waals surface area contributed by atoms with Crippen molar-refractivity contribution in [2.75, 3.05) is 41.6 Å². The highest BCUT2D eigenvalue weighted by Crippen LogP contribution is 2.34. The Kier molecular flexibility index (Phi) is 7.75. The van der Waals surface area contributed by atoms with E-state index in [1.807, 2.05) is 67.4 Å². The molecule has 1 amide bonds. The molecule has 33 heavy (non-hydrogen) atoms. The smallest absolute Gasteiger partial charge is 0.215 e. The lowest BCUT2D eigenvalue weighted by atomic mass is 10.2. The zero-order valence-corrected chi connectivity index (χ0v) is 19.1.